The molecule has 0 spiro atoms. The van der Waals surface area contributed by atoms with Gasteiger partial charge in [0.05, 0.1) is 31.3 Å². The van der Waals surface area contributed by atoms with E-state index in [0.717, 1.165) is 30.6 Å². The first kappa shape index (κ1) is 16.4. The normalized spacial score (nSPS) is 17.5. The molecule has 1 aliphatic rings. The van der Waals surface area contributed by atoms with E-state index in [0.29, 0.717) is 19.6 Å². The Balaban J connectivity index is 2.07. The van der Waals surface area contributed by atoms with Crippen molar-refractivity contribution >= 4 is 11.8 Å². The van der Waals surface area contributed by atoms with Gasteiger partial charge >= 0.3 is 0 Å². The standard InChI is InChI=1S/C16H23N3O3/c1-12(20)18-11-14-10-13(5-7-17-14)15-4-3-8-19(15)16(21)6-9-22-2/h5,7,10,15H,3-4,6,8-9,11H2,1-2H3,(H,18,20). The molecule has 0 saturated carbocycles. The number of hydrogen-bond acceptors (Lipinski definition) is 4. The highest BCUT2D eigenvalue weighted by Crippen LogP contribution is 2.32. The number of nitrogens with one attached hydrogen (secondary N) is 1. The summed E-state index contributed by atoms with van der Waals surface area (Å²) < 4.78 is 4.99. The number of amides is 2. The Bertz CT molecular complexity index is 533. The Morgan fingerprint density at radius 1 is 1.50 bits per heavy atom. The summed E-state index contributed by atoms with van der Waals surface area (Å²) in [6.45, 7) is 3.13. The van der Waals surface area contributed by atoms with Gasteiger partial charge in [-0.25, -0.2) is 0 Å². The molecule has 1 aromatic rings. The maximum atomic E-state index is 12.3. The predicted molar refractivity (Wildman–Crippen MR) is 81.9 cm³/mol. The molecule has 1 atom stereocenters. The summed E-state index contributed by atoms with van der Waals surface area (Å²) in [5.41, 5.74) is 1.89. The van der Waals surface area contributed by atoms with Gasteiger partial charge in [0, 0.05) is 26.8 Å². The first-order valence-corrected chi connectivity index (χ1v) is 7.59. The van der Waals surface area contributed by atoms with E-state index in [1.165, 1.54) is 6.92 Å². The van der Waals surface area contributed by atoms with Gasteiger partial charge < -0.3 is 15.0 Å². The molecule has 0 aliphatic carbocycles. The van der Waals surface area contributed by atoms with Crippen LogP contribution in [0.4, 0.5) is 0 Å². The van der Waals surface area contributed by atoms with E-state index in [4.69, 9.17) is 4.74 Å². The smallest absolute Gasteiger partial charge is 0.225 e. The fourth-order valence-corrected chi connectivity index (χ4v) is 2.76. The molecule has 2 amide bonds. The molecule has 2 heterocycles. The summed E-state index contributed by atoms with van der Waals surface area (Å²) in [5, 5.41) is 2.74. The molecule has 0 radical (unpaired) electrons. The summed E-state index contributed by atoms with van der Waals surface area (Å²) in [7, 11) is 1.60. The molecule has 2 rings (SSSR count). The van der Waals surface area contributed by atoms with Crippen LogP contribution < -0.4 is 5.32 Å². The number of carbonyl (C=O) groups excluding carboxylic acids is 2. The van der Waals surface area contributed by atoms with Crippen LogP contribution in [0.2, 0.25) is 0 Å². The van der Waals surface area contributed by atoms with Crippen molar-refractivity contribution in [1.29, 1.82) is 0 Å². The minimum Gasteiger partial charge on any atom is -0.384 e. The largest absolute Gasteiger partial charge is 0.384 e. The molecule has 1 fully saturated rings. The van der Waals surface area contributed by atoms with Gasteiger partial charge in [-0.1, -0.05) is 0 Å². The number of rotatable bonds is 6. The van der Waals surface area contributed by atoms with Crippen molar-refractivity contribution in [3.8, 4) is 0 Å². The van der Waals surface area contributed by atoms with Crippen LogP contribution in [0, 0.1) is 0 Å². The van der Waals surface area contributed by atoms with Crippen LogP contribution in [-0.4, -0.2) is 42.0 Å². The number of pyridine rings is 1. The lowest BCUT2D eigenvalue weighted by Gasteiger charge is -2.25. The molecule has 1 unspecified atom stereocenters. The molecule has 1 N–H and O–H groups in total. The number of likely N-dealkylation sites (tertiary alicyclic amines) is 1. The third-order valence-corrected chi connectivity index (χ3v) is 3.84. The van der Waals surface area contributed by atoms with Crippen LogP contribution in [0.1, 0.15) is 43.5 Å². The van der Waals surface area contributed by atoms with Gasteiger partial charge in [-0.05, 0) is 30.5 Å². The van der Waals surface area contributed by atoms with E-state index in [1.807, 2.05) is 17.0 Å². The van der Waals surface area contributed by atoms with Crippen molar-refractivity contribution in [3.05, 3.63) is 29.6 Å². The molecule has 1 saturated heterocycles. The van der Waals surface area contributed by atoms with E-state index in [-0.39, 0.29) is 17.9 Å². The molecule has 6 heteroatoms. The first-order chi connectivity index (χ1) is 10.6. The lowest BCUT2D eigenvalue weighted by Crippen LogP contribution is -2.31. The van der Waals surface area contributed by atoms with Crippen molar-refractivity contribution in [3.63, 3.8) is 0 Å². The number of nitrogens with zero attached hydrogens (tertiary/aromatic N) is 2. The lowest BCUT2D eigenvalue weighted by molar-refractivity contribution is -0.133. The summed E-state index contributed by atoms with van der Waals surface area (Å²) in [6.07, 6.45) is 4.12. The summed E-state index contributed by atoms with van der Waals surface area (Å²) >= 11 is 0. The van der Waals surface area contributed by atoms with Gasteiger partial charge in [0.2, 0.25) is 11.8 Å². The molecule has 1 aromatic heterocycles. The van der Waals surface area contributed by atoms with Crippen LogP contribution in [0.5, 0.6) is 0 Å². The fourth-order valence-electron chi connectivity index (χ4n) is 2.76. The second-order valence-corrected chi connectivity index (χ2v) is 5.48. The van der Waals surface area contributed by atoms with Crippen molar-refractivity contribution in [2.45, 2.75) is 38.8 Å². The van der Waals surface area contributed by atoms with E-state index >= 15 is 0 Å². The Labute approximate surface area is 130 Å². The topological polar surface area (TPSA) is 71.5 Å². The highest BCUT2D eigenvalue weighted by Gasteiger charge is 2.29. The SMILES string of the molecule is COCCC(=O)N1CCCC1c1ccnc(CNC(C)=O)c1. The van der Waals surface area contributed by atoms with E-state index < -0.39 is 0 Å². The van der Waals surface area contributed by atoms with E-state index in [1.54, 1.807) is 13.3 Å². The third-order valence-electron chi connectivity index (χ3n) is 3.84. The van der Waals surface area contributed by atoms with Gasteiger partial charge in [0.25, 0.3) is 0 Å². The highest BCUT2D eigenvalue weighted by molar-refractivity contribution is 5.77. The Morgan fingerprint density at radius 2 is 2.32 bits per heavy atom. The predicted octanol–water partition coefficient (Wildman–Crippen LogP) is 1.42. The van der Waals surface area contributed by atoms with Gasteiger partial charge in [0.15, 0.2) is 0 Å². The average Bonchev–Trinajstić information content (AvgIpc) is 3.00. The minimum atomic E-state index is -0.0792. The molecule has 0 aromatic carbocycles. The molecular formula is C16H23N3O3. The van der Waals surface area contributed by atoms with Crippen LogP contribution in [0.3, 0.4) is 0 Å². The molecule has 1 aliphatic heterocycles. The van der Waals surface area contributed by atoms with Crippen LogP contribution in [0.15, 0.2) is 18.3 Å². The minimum absolute atomic E-state index is 0.0792. The van der Waals surface area contributed by atoms with Crippen molar-refractivity contribution in [2.75, 3.05) is 20.3 Å². The zero-order valence-corrected chi connectivity index (χ0v) is 13.2. The number of aromatic nitrogens is 1. The molecule has 22 heavy (non-hydrogen) atoms. The third kappa shape index (κ3) is 4.27. The van der Waals surface area contributed by atoms with Crippen LogP contribution in [0.25, 0.3) is 0 Å². The monoisotopic (exact) mass is 305 g/mol. The summed E-state index contributed by atoms with van der Waals surface area (Å²) in [5.74, 6) is 0.0500. The van der Waals surface area contributed by atoms with Crippen LogP contribution in [-0.2, 0) is 20.9 Å². The van der Waals surface area contributed by atoms with E-state index in [9.17, 15) is 9.59 Å². The second-order valence-electron chi connectivity index (χ2n) is 5.48. The van der Waals surface area contributed by atoms with Gasteiger partial charge in [-0.3, -0.25) is 14.6 Å². The average molecular weight is 305 g/mol. The summed E-state index contributed by atoms with van der Waals surface area (Å²) in [6, 6.07) is 4.02. The second kappa shape index (κ2) is 7.89. The Hall–Kier alpha value is -1.95. The number of hydrogen-bond donors (Lipinski definition) is 1. The first-order valence-electron chi connectivity index (χ1n) is 7.59. The van der Waals surface area contributed by atoms with E-state index in [2.05, 4.69) is 10.3 Å². The molecule has 120 valence electrons. The quantitative estimate of drug-likeness (QED) is 0.863. The van der Waals surface area contributed by atoms with Crippen LogP contribution >= 0.6 is 0 Å². The Kier molecular flexibility index (Phi) is 5.89. The molecule has 0 bridgehead atoms. The molecular weight excluding hydrogens is 282 g/mol. The van der Waals surface area contributed by atoms with Crippen molar-refractivity contribution in [2.24, 2.45) is 0 Å². The summed E-state index contributed by atoms with van der Waals surface area (Å²) in [4.78, 5) is 29.4. The number of ether oxygens (including phenoxy) is 1. The fraction of sp³-hybridized carbons (Fsp3) is 0.562. The molecule has 6 nitrogen and oxygen atoms in total. The maximum Gasteiger partial charge on any atom is 0.225 e. The zero-order chi connectivity index (χ0) is 15.9. The van der Waals surface area contributed by atoms with Gasteiger partial charge in [-0.2, -0.15) is 0 Å². The number of methoxy groups -OCH3 is 1. The number of carbonyl (C=O) groups is 2. The van der Waals surface area contributed by atoms with Gasteiger partial charge in [0.1, 0.15) is 0 Å². The Morgan fingerprint density at radius 3 is 3.05 bits per heavy atom. The highest BCUT2D eigenvalue weighted by atomic mass is 16.5. The van der Waals surface area contributed by atoms with Gasteiger partial charge in [-0.15, -0.1) is 0 Å². The van der Waals surface area contributed by atoms with Crippen molar-refractivity contribution < 1.29 is 14.3 Å². The van der Waals surface area contributed by atoms with Crippen molar-refractivity contribution in [1.82, 2.24) is 15.2 Å². The lowest BCUT2D eigenvalue weighted by atomic mass is 10.0. The zero-order valence-electron chi connectivity index (χ0n) is 13.2. The maximum absolute atomic E-state index is 12.3.